The molecule has 104 valence electrons. The van der Waals surface area contributed by atoms with Gasteiger partial charge in [0.25, 0.3) is 0 Å². The zero-order valence-corrected chi connectivity index (χ0v) is 12.1. The molecule has 0 aromatic heterocycles. The molecule has 1 N–H and O–H groups in total. The summed E-state index contributed by atoms with van der Waals surface area (Å²) in [5.41, 5.74) is 0. The lowest BCUT2D eigenvalue weighted by atomic mass is 9.81. The maximum Gasteiger partial charge on any atom is 0.0755 e. The third-order valence-electron chi connectivity index (χ3n) is 4.08. The van der Waals surface area contributed by atoms with E-state index in [1.54, 1.807) is 0 Å². The lowest BCUT2D eigenvalue weighted by Gasteiger charge is -2.35. The van der Waals surface area contributed by atoms with E-state index in [1.165, 1.54) is 32.1 Å². The van der Waals surface area contributed by atoms with Crippen molar-refractivity contribution in [1.29, 1.82) is 0 Å². The number of unbranched alkanes of at least 4 members (excludes halogenated alkanes) is 1. The molecule has 2 heteroatoms. The Hall–Kier alpha value is -0.520. The number of nitrogens with one attached hydrogen (secondary N) is 1. The van der Waals surface area contributed by atoms with E-state index in [1.807, 2.05) is 0 Å². The minimum Gasteiger partial charge on any atom is -0.377 e. The first-order valence-electron chi connectivity index (χ1n) is 7.55. The second-order valence-electron chi connectivity index (χ2n) is 5.31. The van der Waals surface area contributed by atoms with Crippen molar-refractivity contribution >= 4 is 0 Å². The van der Waals surface area contributed by atoms with Crippen LogP contribution in [0.5, 0.6) is 0 Å². The van der Waals surface area contributed by atoms with Crippen molar-refractivity contribution in [3.05, 3.63) is 0 Å². The van der Waals surface area contributed by atoms with Crippen LogP contribution in [0.3, 0.4) is 0 Å². The number of terminal acetylenes is 1. The molecule has 0 aliphatic heterocycles. The summed E-state index contributed by atoms with van der Waals surface area (Å²) in [4.78, 5) is 0. The zero-order valence-electron chi connectivity index (χ0n) is 12.1. The van der Waals surface area contributed by atoms with E-state index in [-0.39, 0.29) is 0 Å². The van der Waals surface area contributed by atoms with Crippen LogP contribution in [0.4, 0.5) is 0 Å². The third-order valence-corrected chi connectivity index (χ3v) is 4.08. The van der Waals surface area contributed by atoms with Gasteiger partial charge in [-0.25, -0.2) is 0 Å². The van der Waals surface area contributed by atoms with Crippen molar-refractivity contribution in [2.24, 2.45) is 5.92 Å². The molecule has 1 saturated carbocycles. The minimum absolute atomic E-state index is 0.373. The van der Waals surface area contributed by atoms with Gasteiger partial charge in [-0.3, -0.25) is 0 Å². The average molecular weight is 251 g/mol. The van der Waals surface area contributed by atoms with Gasteiger partial charge in [0.1, 0.15) is 0 Å². The van der Waals surface area contributed by atoms with Gasteiger partial charge in [0.05, 0.1) is 6.10 Å². The molecule has 18 heavy (non-hydrogen) atoms. The standard InChI is InChI=1S/C16H29NO/c1-4-6-8-13-15(17-3)16(18-5-2)14-11-9-7-10-12-14/h1,14-17H,5-13H2,2-3H3. The summed E-state index contributed by atoms with van der Waals surface area (Å²) in [6.07, 6.45) is 15.6. The first-order valence-corrected chi connectivity index (χ1v) is 7.55. The molecule has 0 saturated heterocycles. The highest BCUT2D eigenvalue weighted by Crippen LogP contribution is 2.30. The SMILES string of the molecule is C#CCCCC(NC)C(OCC)C1CCCCC1. The molecule has 2 unspecified atom stereocenters. The van der Waals surface area contributed by atoms with Crippen LogP contribution >= 0.6 is 0 Å². The molecule has 1 aliphatic carbocycles. The van der Waals surface area contributed by atoms with Crippen LogP contribution in [0.1, 0.15) is 58.3 Å². The van der Waals surface area contributed by atoms with E-state index in [2.05, 4.69) is 25.2 Å². The summed E-state index contributed by atoms with van der Waals surface area (Å²) in [6.45, 7) is 2.92. The summed E-state index contributed by atoms with van der Waals surface area (Å²) >= 11 is 0. The fourth-order valence-corrected chi connectivity index (χ4v) is 3.13. The molecule has 2 atom stereocenters. The highest BCUT2D eigenvalue weighted by Gasteiger charge is 2.29. The van der Waals surface area contributed by atoms with Gasteiger partial charge in [0.15, 0.2) is 0 Å². The Morgan fingerprint density at radius 1 is 1.33 bits per heavy atom. The minimum atomic E-state index is 0.373. The Labute approximate surface area is 113 Å². The zero-order chi connectivity index (χ0) is 13.2. The highest BCUT2D eigenvalue weighted by atomic mass is 16.5. The Balaban J connectivity index is 2.52. The van der Waals surface area contributed by atoms with E-state index in [9.17, 15) is 0 Å². The van der Waals surface area contributed by atoms with Gasteiger partial charge in [-0.1, -0.05) is 19.3 Å². The third kappa shape index (κ3) is 5.00. The maximum absolute atomic E-state index is 6.05. The largest absolute Gasteiger partial charge is 0.377 e. The van der Waals surface area contributed by atoms with Crippen molar-refractivity contribution in [3.63, 3.8) is 0 Å². The molecule has 0 bridgehead atoms. The van der Waals surface area contributed by atoms with Crippen LogP contribution in [0.15, 0.2) is 0 Å². The summed E-state index contributed by atoms with van der Waals surface area (Å²) in [5, 5.41) is 3.45. The van der Waals surface area contributed by atoms with E-state index in [4.69, 9.17) is 11.2 Å². The predicted octanol–water partition coefficient (Wildman–Crippen LogP) is 3.36. The smallest absolute Gasteiger partial charge is 0.0755 e. The molecule has 0 aromatic carbocycles. The monoisotopic (exact) mass is 251 g/mol. The van der Waals surface area contributed by atoms with Crippen LogP contribution in [0, 0.1) is 18.3 Å². The van der Waals surface area contributed by atoms with Crippen LogP contribution in [-0.4, -0.2) is 25.8 Å². The molecule has 2 nitrogen and oxygen atoms in total. The van der Waals surface area contributed by atoms with Crippen LogP contribution in [-0.2, 0) is 4.74 Å². The highest BCUT2D eigenvalue weighted by molar-refractivity contribution is 4.87. The summed E-state index contributed by atoms with van der Waals surface area (Å²) in [7, 11) is 2.05. The predicted molar refractivity (Wildman–Crippen MR) is 77.5 cm³/mol. The first kappa shape index (κ1) is 15.5. The molecule has 0 spiro atoms. The molecule has 0 radical (unpaired) electrons. The van der Waals surface area contributed by atoms with Gasteiger partial charge < -0.3 is 10.1 Å². The van der Waals surface area contributed by atoms with Crippen molar-refractivity contribution in [2.75, 3.05) is 13.7 Å². The number of likely N-dealkylation sites (N-methyl/N-ethyl adjacent to an activating group) is 1. The van der Waals surface area contributed by atoms with Gasteiger partial charge in [0, 0.05) is 19.1 Å². The van der Waals surface area contributed by atoms with E-state index >= 15 is 0 Å². The fourth-order valence-electron chi connectivity index (χ4n) is 3.13. The lowest BCUT2D eigenvalue weighted by molar-refractivity contribution is -0.0180. The fraction of sp³-hybridized carbons (Fsp3) is 0.875. The van der Waals surface area contributed by atoms with Crippen molar-refractivity contribution in [1.82, 2.24) is 5.32 Å². The Kier molecular flexibility index (Phi) is 8.13. The molecule has 0 amide bonds. The molecule has 0 heterocycles. The quantitative estimate of drug-likeness (QED) is 0.527. The lowest BCUT2D eigenvalue weighted by Crippen LogP contribution is -2.44. The van der Waals surface area contributed by atoms with Crippen molar-refractivity contribution < 1.29 is 4.74 Å². The molecular formula is C16H29NO. The number of hydrogen-bond acceptors (Lipinski definition) is 2. The van der Waals surface area contributed by atoms with Gasteiger partial charge in [0.2, 0.25) is 0 Å². The topological polar surface area (TPSA) is 21.3 Å². The molecule has 1 rings (SSSR count). The molecule has 1 aliphatic rings. The van der Waals surface area contributed by atoms with Crippen LogP contribution in [0.25, 0.3) is 0 Å². The summed E-state index contributed by atoms with van der Waals surface area (Å²) in [5.74, 6) is 3.47. The molecular weight excluding hydrogens is 222 g/mol. The number of rotatable bonds is 8. The van der Waals surface area contributed by atoms with E-state index < -0.39 is 0 Å². The molecule has 1 fully saturated rings. The second kappa shape index (κ2) is 9.42. The number of ether oxygens (including phenoxy) is 1. The second-order valence-corrected chi connectivity index (χ2v) is 5.31. The number of hydrogen-bond donors (Lipinski definition) is 1. The van der Waals surface area contributed by atoms with E-state index in [0.29, 0.717) is 12.1 Å². The van der Waals surface area contributed by atoms with Crippen LogP contribution < -0.4 is 5.32 Å². The van der Waals surface area contributed by atoms with Gasteiger partial charge in [-0.2, -0.15) is 0 Å². The maximum atomic E-state index is 6.05. The summed E-state index contributed by atoms with van der Waals surface area (Å²) in [6, 6.07) is 0.460. The average Bonchev–Trinajstić information content (AvgIpc) is 2.43. The first-order chi connectivity index (χ1) is 8.83. The Bertz CT molecular complexity index is 240. The Morgan fingerprint density at radius 3 is 2.61 bits per heavy atom. The van der Waals surface area contributed by atoms with E-state index in [0.717, 1.165) is 31.8 Å². The van der Waals surface area contributed by atoms with Gasteiger partial charge >= 0.3 is 0 Å². The van der Waals surface area contributed by atoms with Crippen molar-refractivity contribution in [2.45, 2.75) is 70.4 Å². The van der Waals surface area contributed by atoms with Crippen LogP contribution in [0.2, 0.25) is 0 Å². The Morgan fingerprint density at radius 2 is 2.06 bits per heavy atom. The van der Waals surface area contributed by atoms with Crippen molar-refractivity contribution in [3.8, 4) is 12.3 Å². The molecule has 0 aromatic rings. The normalized spacial score (nSPS) is 20.3. The van der Waals surface area contributed by atoms with Gasteiger partial charge in [-0.05, 0) is 45.6 Å². The summed E-state index contributed by atoms with van der Waals surface area (Å²) < 4.78 is 6.05. The van der Waals surface area contributed by atoms with Gasteiger partial charge in [-0.15, -0.1) is 12.3 Å².